The van der Waals surface area contributed by atoms with Crippen LogP contribution in [-0.4, -0.2) is 5.78 Å². The zero-order valence-electron chi connectivity index (χ0n) is 9.95. The Balaban J connectivity index is 1.94. The summed E-state index contributed by atoms with van der Waals surface area (Å²) < 4.78 is 0. The average molecular weight is 257 g/mol. The Morgan fingerprint density at radius 1 is 1.00 bits per heavy atom. The molecule has 0 N–H and O–H groups in total. The van der Waals surface area contributed by atoms with Crippen molar-refractivity contribution in [2.75, 3.05) is 0 Å². The van der Waals surface area contributed by atoms with Crippen molar-refractivity contribution < 1.29 is 4.79 Å². The van der Waals surface area contributed by atoms with Gasteiger partial charge in [0.2, 0.25) is 0 Å². The van der Waals surface area contributed by atoms with Crippen molar-refractivity contribution in [1.82, 2.24) is 0 Å². The highest BCUT2D eigenvalue weighted by Crippen LogP contribution is 2.27. The molecule has 2 aromatic carbocycles. The van der Waals surface area contributed by atoms with Gasteiger partial charge in [0.05, 0.1) is 0 Å². The molecule has 0 saturated heterocycles. The lowest BCUT2D eigenvalue weighted by Gasteiger charge is -2.07. The van der Waals surface area contributed by atoms with Gasteiger partial charge in [-0.05, 0) is 41.7 Å². The summed E-state index contributed by atoms with van der Waals surface area (Å²) >= 11 is 5.88. The van der Waals surface area contributed by atoms with Gasteiger partial charge in [-0.1, -0.05) is 41.9 Å². The number of carbonyl (C=O) groups excluding carboxylic acids is 1. The molecule has 0 fully saturated rings. The van der Waals surface area contributed by atoms with E-state index in [1.165, 1.54) is 16.7 Å². The third-order valence-corrected chi connectivity index (χ3v) is 3.74. The van der Waals surface area contributed by atoms with Gasteiger partial charge in [-0.2, -0.15) is 0 Å². The Kier molecular flexibility index (Phi) is 2.92. The number of Topliss-reactive ketones (excluding diaryl/α,β-unsaturated/α-hetero) is 1. The lowest BCUT2D eigenvalue weighted by Crippen LogP contribution is -1.96. The summed E-state index contributed by atoms with van der Waals surface area (Å²) in [6.45, 7) is 0. The van der Waals surface area contributed by atoms with E-state index in [2.05, 4.69) is 6.07 Å². The van der Waals surface area contributed by atoms with Crippen LogP contribution in [0.1, 0.15) is 33.5 Å². The molecule has 0 radical (unpaired) electrons. The van der Waals surface area contributed by atoms with Crippen molar-refractivity contribution in [3.8, 4) is 0 Å². The van der Waals surface area contributed by atoms with Gasteiger partial charge < -0.3 is 0 Å². The second-order valence-corrected chi connectivity index (χ2v) is 5.11. The van der Waals surface area contributed by atoms with Gasteiger partial charge in [-0.15, -0.1) is 0 Å². The van der Waals surface area contributed by atoms with Gasteiger partial charge in [0.15, 0.2) is 5.78 Å². The van der Waals surface area contributed by atoms with Gasteiger partial charge in [0.25, 0.3) is 0 Å². The maximum absolute atomic E-state index is 11.7. The molecule has 1 aliphatic carbocycles. The van der Waals surface area contributed by atoms with Crippen LogP contribution in [0.2, 0.25) is 5.02 Å². The largest absolute Gasteiger partial charge is 0.294 e. The molecule has 18 heavy (non-hydrogen) atoms. The minimum atomic E-state index is 0.281. The molecular weight excluding hydrogens is 244 g/mol. The van der Waals surface area contributed by atoms with Gasteiger partial charge in [-0.25, -0.2) is 0 Å². The van der Waals surface area contributed by atoms with E-state index in [0.29, 0.717) is 6.42 Å². The summed E-state index contributed by atoms with van der Waals surface area (Å²) in [5.41, 5.74) is 4.65. The van der Waals surface area contributed by atoms with E-state index >= 15 is 0 Å². The summed E-state index contributed by atoms with van der Waals surface area (Å²) in [6.07, 6.45) is 2.42. The van der Waals surface area contributed by atoms with Gasteiger partial charge in [0, 0.05) is 17.0 Å². The Bertz CT molecular complexity index is 599. The van der Waals surface area contributed by atoms with Crippen LogP contribution < -0.4 is 0 Å². The zero-order valence-corrected chi connectivity index (χ0v) is 10.7. The second kappa shape index (κ2) is 4.58. The van der Waals surface area contributed by atoms with Crippen LogP contribution in [0.3, 0.4) is 0 Å². The first-order valence-electron chi connectivity index (χ1n) is 6.12. The first-order chi connectivity index (χ1) is 8.74. The van der Waals surface area contributed by atoms with E-state index in [9.17, 15) is 4.79 Å². The van der Waals surface area contributed by atoms with Crippen molar-refractivity contribution >= 4 is 17.4 Å². The summed E-state index contributed by atoms with van der Waals surface area (Å²) in [5.74, 6) is 0.281. The molecule has 0 atom stereocenters. The second-order valence-electron chi connectivity index (χ2n) is 4.67. The third kappa shape index (κ3) is 2.06. The minimum Gasteiger partial charge on any atom is -0.294 e. The topological polar surface area (TPSA) is 17.1 Å². The SMILES string of the molecule is O=C1CCc2c(Cc3ccc(Cl)cc3)cccc21. The first-order valence-corrected chi connectivity index (χ1v) is 6.50. The van der Waals surface area contributed by atoms with Crippen LogP contribution in [0.4, 0.5) is 0 Å². The maximum Gasteiger partial charge on any atom is 0.163 e. The summed E-state index contributed by atoms with van der Waals surface area (Å²) in [6, 6.07) is 13.9. The number of hydrogen-bond acceptors (Lipinski definition) is 1. The number of benzene rings is 2. The Morgan fingerprint density at radius 3 is 2.56 bits per heavy atom. The standard InChI is InChI=1S/C16H13ClO/c17-13-6-4-11(5-7-13)10-12-2-1-3-15-14(12)8-9-16(15)18/h1-7H,8-10H2. The Morgan fingerprint density at radius 2 is 1.78 bits per heavy atom. The molecule has 1 nitrogen and oxygen atoms in total. The van der Waals surface area contributed by atoms with E-state index in [-0.39, 0.29) is 5.78 Å². The van der Waals surface area contributed by atoms with E-state index in [0.717, 1.165) is 23.4 Å². The number of carbonyl (C=O) groups is 1. The number of hydrogen-bond donors (Lipinski definition) is 0. The highest BCUT2D eigenvalue weighted by Gasteiger charge is 2.21. The normalized spacial score (nSPS) is 13.7. The third-order valence-electron chi connectivity index (χ3n) is 3.48. The smallest absolute Gasteiger partial charge is 0.163 e. The van der Waals surface area contributed by atoms with Crippen LogP contribution in [0.15, 0.2) is 42.5 Å². The van der Waals surface area contributed by atoms with Crippen LogP contribution in [-0.2, 0) is 12.8 Å². The maximum atomic E-state index is 11.7. The summed E-state index contributed by atoms with van der Waals surface area (Å²) in [7, 11) is 0. The molecular formula is C16H13ClO. The van der Waals surface area contributed by atoms with Crippen molar-refractivity contribution in [3.63, 3.8) is 0 Å². The Hall–Kier alpha value is -1.60. The fourth-order valence-electron chi connectivity index (χ4n) is 2.55. The number of halogens is 1. The minimum absolute atomic E-state index is 0.281. The van der Waals surface area contributed by atoms with E-state index in [1.54, 1.807) is 0 Å². The van der Waals surface area contributed by atoms with Gasteiger partial charge in [-0.3, -0.25) is 4.79 Å². The van der Waals surface area contributed by atoms with E-state index < -0.39 is 0 Å². The monoisotopic (exact) mass is 256 g/mol. The predicted octanol–water partition coefficient (Wildman–Crippen LogP) is 4.06. The van der Waals surface area contributed by atoms with E-state index in [1.807, 2.05) is 36.4 Å². The van der Waals surface area contributed by atoms with Gasteiger partial charge >= 0.3 is 0 Å². The fourth-order valence-corrected chi connectivity index (χ4v) is 2.68. The highest BCUT2D eigenvalue weighted by molar-refractivity contribution is 6.30. The predicted molar refractivity (Wildman–Crippen MR) is 73.4 cm³/mol. The summed E-state index contributed by atoms with van der Waals surface area (Å²) in [4.78, 5) is 11.7. The molecule has 90 valence electrons. The molecule has 1 aliphatic rings. The number of ketones is 1. The van der Waals surface area contributed by atoms with Crippen LogP contribution in [0, 0.1) is 0 Å². The average Bonchev–Trinajstić information content (AvgIpc) is 2.76. The van der Waals surface area contributed by atoms with Crippen molar-refractivity contribution in [3.05, 3.63) is 69.7 Å². The molecule has 0 amide bonds. The number of fused-ring (bicyclic) bond motifs is 1. The molecule has 0 aliphatic heterocycles. The van der Waals surface area contributed by atoms with Gasteiger partial charge in [0.1, 0.15) is 0 Å². The molecule has 0 heterocycles. The molecule has 0 aromatic heterocycles. The Labute approximate surface area is 111 Å². The van der Waals surface area contributed by atoms with Crippen molar-refractivity contribution in [2.24, 2.45) is 0 Å². The molecule has 0 unspecified atom stereocenters. The first kappa shape index (κ1) is 11.5. The fraction of sp³-hybridized carbons (Fsp3) is 0.188. The molecule has 0 bridgehead atoms. The lowest BCUT2D eigenvalue weighted by atomic mass is 9.97. The van der Waals surface area contributed by atoms with Crippen molar-refractivity contribution in [2.45, 2.75) is 19.3 Å². The number of rotatable bonds is 2. The molecule has 3 rings (SSSR count). The van der Waals surface area contributed by atoms with E-state index in [4.69, 9.17) is 11.6 Å². The molecule has 0 saturated carbocycles. The summed E-state index contributed by atoms with van der Waals surface area (Å²) in [5, 5.41) is 0.757. The zero-order chi connectivity index (χ0) is 12.5. The van der Waals surface area contributed by atoms with Crippen LogP contribution >= 0.6 is 11.6 Å². The molecule has 2 aromatic rings. The lowest BCUT2D eigenvalue weighted by molar-refractivity contribution is 0.0994. The quantitative estimate of drug-likeness (QED) is 0.792. The molecule has 0 spiro atoms. The highest BCUT2D eigenvalue weighted by atomic mass is 35.5. The van der Waals surface area contributed by atoms with Crippen LogP contribution in [0.5, 0.6) is 0 Å². The van der Waals surface area contributed by atoms with Crippen molar-refractivity contribution in [1.29, 1.82) is 0 Å². The van der Waals surface area contributed by atoms with Crippen LogP contribution in [0.25, 0.3) is 0 Å². The molecule has 2 heteroatoms.